The van der Waals surface area contributed by atoms with E-state index in [0.29, 0.717) is 0 Å². The van der Waals surface area contributed by atoms with Gasteiger partial charge in [-0.25, -0.2) is 0 Å². The fourth-order valence-corrected chi connectivity index (χ4v) is 0.938. The minimum Gasteiger partial charge on any atom is -0.481 e. The molecule has 2 atom stereocenters. The topological polar surface area (TPSA) is 57.5 Å². The lowest BCUT2D eigenvalue weighted by Crippen LogP contribution is -2.23. The second kappa shape index (κ2) is 8.72. The van der Waals surface area contributed by atoms with Gasteiger partial charge in [-0.2, -0.15) is 0 Å². The van der Waals surface area contributed by atoms with E-state index in [1.807, 2.05) is 13.8 Å². The smallest absolute Gasteiger partial charge is 0.300 e. The Labute approximate surface area is 93.5 Å². The normalized spacial score (nSPS) is 15.9. The molecule has 0 fully saturated rings. The first-order chi connectivity index (χ1) is 6.75. The van der Waals surface area contributed by atoms with Gasteiger partial charge in [0.05, 0.1) is 5.60 Å². The molecule has 3 heteroatoms. The predicted octanol–water partition coefficient (Wildman–Crippen LogP) is 3.06. The molecule has 0 aromatic heterocycles. The van der Waals surface area contributed by atoms with Crippen LogP contribution in [0.15, 0.2) is 0 Å². The van der Waals surface area contributed by atoms with Crippen LogP contribution in [0.4, 0.5) is 0 Å². The Morgan fingerprint density at radius 2 is 1.80 bits per heavy atom. The van der Waals surface area contributed by atoms with Gasteiger partial charge in [-0.3, -0.25) is 4.79 Å². The van der Waals surface area contributed by atoms with E-state index in [2.05, 4.69) is 13.8 Å². The second-order valence-corrected chi connectivity index (χ2v) is 4.42. The average molecular weight is 218 g/mol. The Balaban J connectivity index is 0. The summed E-state index contributed by atoms with van der Waals surface area (Å²) in [7, 11) is 0. The first-order valence-electron chi connectivity index (χ1n) is 5.67. The molecule has 0 bridgehead atoms. The standard InChI is InChI=1S/C10H22O.C2H4O2/c1-5-9(3)7-8-10(4,11)6-2;1-2(3)4/h9,11H,5-8H2,1-4H3;1H3,(H,3,4). The number of carboxylic acid groups (broad SMARTS) is 1. The number of aliphatic carboxylic acids is 1. The third-order valence-corrected chi connectivity index (χ3v) is 2.63. The summed E-state index contributed by atoms with van der Waals surface area (Å²) in [5.41, 5.74) is -0.427. The third-order valence-electron chi connectivity index (χ3n) is 2.63. The van der Waals surface area contributed by atoms with Crippen LogP contribution in [0.1, 0.15) is 60.3 Å². The molecule has 0 rings (SSSR count). The lowest BCUT2D eigenvalue weighted by molar-refractivity contribution is -0.134. The van der Waals surface area contributed by atoms with Crippen LogP contribution in [-0.4, -0.2) is 21.8 Å². The molecule has 0 amide bonds. The molecule has 15 heavy (non-hydrogen) atoms. The van der Waals surface area contributed by atoms with E-state index in [1.54, 1.807) is 0 Å². The highest BCUT2D eigenvalue weighted by molar-refractivity contribution is 5.62. The molecule has 2 unspecified atom stereocenters. The van der Waals surface area contributed by atoms with E-state index >= 15 is 0 Å². The summed E-state index contributed by atoms with van der Waals surface area (Å²) in [5.74, 6) is -0.0759. The maximum absolute atomic E-state index is 9.67. The van der Waals surface area contributed by atoms with Crippen molar-refractivity contribution in [1.82, 2.24) is 0 Å². The molecule has 0 saturated carbocycles. The molecule has 0 radical (unpaired) electrons. The first-order valence-corrected chi connectivity index (χ1v) is 5.67. The molecule has 0 aliphatic heterocycles. The zero-order chi connectivity index (χ0) is 12.5. The quantitative estimate of drug-likeness (QED) is 0.745. The van der Waals surface area contributed by atoms with Crippen LogP contribution >= 0.6 is 0 Å². The van der Waals surface area contributed by atoms with Gasteiger partial charge in [0.2, 0.25) is 0 Å². The molecule has 2 N–H and O–H groups in total. The summed E-state index contributed by atoms with van der Waals surface area (Å²) in [6.45, 7) is 9.49. The maximum Gasteiger partial charge on any atom is 0.300 e. The Morgan fingerprint density at radius 1 is 1.40 bits per heavy atom. The van der Waals surface area contributed by atoms with Crippen LogP contribution < -0.4 is 0 Å². The average Bonchev–Trinajstić information content (AvgIpc) is 2.13. The fourth-order valence-electron chi connectivity index (χ4n) is 0.938. The van der Waals surface area contributed by atoms with E-state index in [4.69, 9.17) is 9.90 Å². The summed E-state index contributed by atoms with van der Waals surface area (Å²) >= 11 is 0. The van der Waals surface area contributed by atoms with Gasteiger partial charge in [-0.05, 0) is 32.1 Å². The van der Waals surface area contributed by atoms with Crippen LogP contribution in [0.3, 0.4) is 0 Å². The van der Waals surface area contributed by atoms with E-state index in [9.17, 15) is 5.11 Å². The van der Waals surface area contributed by atoms with Gasteiger partial charge in [-0.15, -0.1) is 0 Å². The van der Waals surface area contributed by atoms with Gasteiger partial charge < -0.3 is 10.2 Å². The maximum atomic E-state index is 9.67. The van der Waals surface area contributed by atoms with Crippen LogP contribution in [0.5, 0.6) is 0 Å². The number of carbonyl (C=O) groups is 1. The monoisotopic (exact) mass is 218 g/mol. The highest BCUT2D eigenvalue weighted by Crippen LogP contribution is 2.20. The molecule has 0 aromatic rings. The van der Waals surface area contributed by atoms with Crippen molar-refractivity contribution in [3.8, 4) is 0 Å². The number of aliphatic hydroxyl groups is 1. The molecule has 0 aromatic carbocycles. The second-order valence-electron chi connectivity index (χ2n) is 4.42. The van der Waals surface area contributed by atoms with E-state index in [1.165, 1.54) is 6.42 Å². The predicted molar refractivity (Wildman–Crippen MR) is 62.9 cm³/mol. The van der Waals surface area contributed by atoms with Crippen molar-refractivity contribution in [2.24, 2.45) is 5.92 Å². The van der Waals surface area contributed by atoms with Crippen molar-refractivity contribution in [2.75, 3.05) is 0 Å². The molecule has 3 nitrogen and oxygen atoms in total. The summed E-state index contributed by atoms with van der Waals surface area (Å²) in [4.78, 5) is 9.00. The van der Waals surface area contributed by atoms with Crippen molar-refractivity contribution in [3.63, 3.8) is 0 Å². The molecular weight excluding hydrogens is 192 g/mol. The Morgan fingerprint density at radius 3 is 2.07 bits per heavy atom. The van der Waals surface area contributed by atoms with Crippen molar-refractivity contribution < 1.29 is 15.0 Å². The minimum absolute atomic E-state index is 0.427. The SMILES string of the molecule is CC(=O)O.CCC(C)CCC(C)(O)CC. The molecule has 0 heterocycles. The third kappa shape index (κ3) is 16.1. The number of hydrogen-bond donors (Lipinski definition) is 2. The number of carboxylic acids is 1. The minimum atomic E-state index is -0.833. The summed E-state index contributed by atoms with van der Waals surface area (Å²) in [5, 5.41) is 17.1. The van der Waals surface area contributed by atoms with E-state index < -0.39 is 11.6 Å². The van der Waals surface area contributed by atoms with Crippen molar-refractivity contribution in [1.29, 1.82) is 0 Å². The van der Waals surface area contributed by atoms with Gasteiger partial charge >= 0.3 is 0 Å². The van der Waals surface area contributed by atoms with Gasteiger partial charge in [0.15, 0.2) is 0 Å². The van der Waals surface area contributed by atoms with Crippen LogP contribution in [-0.2, 0) is 4.79 Å². The van der Waals surface area contributed by atoms with Crippen molar-refractivity contribution in [2.45, 2.75) is 65.9 Å². The van der Waals surface area contributed by atoms with E-state index in [-0.39, 0.29) is 0 Å². The van der Waals surface area contributed by atoms with Crippen molar-refractivity contribution >= 4 is 5.97 Å². The Hall–Kier alpha value is -0.570. The van der Waals surface area contributed by atoms with Crippen molar-refractivity contribution in [3.05, 3.63) is 0 Å². The summed E-state index contributed by atoms with van der Waals surface area (Å²) < 4.78 is 0. The van der Waals surface area contributed by atoms with Gasteiger partial charge in [0.1, 0.15) is 0 Å². The Kier molecular flexibility index (Phi) is 9.79. The highest BCUT2D eigenvalue weighted by atomic mass is 16.4. The lowest BCUT2D eigenvalue weighted by atomic mass is 9.91. The molecule has 0 saturated heterocycles. The van der Waals surface area contributed by atoms with Crippen LogP contribution in [0, 0.1) is 5.92 Å². The number of hydrogen-bond acceptors (Lipinski definition) is 2. The molecule has 0 spiro atoms. The first kappa shape index (κ1) is 16.8. The fraction of sp³-hybridized carbons (Fsp3) is 0.917. The van der Waals surface area contributed by atoms with Crippen LogP contribution in [0.25, 0.3) is 0 Å². The molecule has 0 aliphatic rings. The zero-order valence-electron chi connectivity index (χ0n) is 10.7. The van der Waals surface area contributed by atoms with Crippen LogP contribution in [0.2, 0.25) is 0 Å². The molecular formula is C12H26O3. The lowest BCUT2D eigenvalue weighted by Gasteiger charge is -2.22. The number of rotatable bonds is 5. The summed E-state index contributed by atoms with van der Waals surface area (Å²) in [6, 6.07) is 0. The largest absolute Gasteiger partial charge is 0.481 e. The summed E-state index contributed by atoms with van der Waals surface area (Å²) in [6.07, 6.45) is 4.18. The van der Waals surface area contributed by atoms with Gasteiger partial charge in [0.25, 0.3) is 5.97 Å². The van der Waals surface area contributed by atoms with Gasteiger partial charge in [-0.1, -0.05) is 27.2 Å². The molecule has 92 valence electrons. The Bertz CT molecular complexity index is 160. The van der Waals surface area contributed by atoms with Gasteiger partial charge in [0, 0.05) is 6.92 Å². The molecule has 0 aliphatic carbocycles. The van der Waals surface area contributed by atoms with E-state index in [0.717, 1.165) is 32.1 Å². The zero-order valence-corrected chi connectivity index (χ0v) is 10.7. The highest BCUT2D eigenvalue weighted by Gasteiger charge is 2.17.